The van der Waals surface area contributed by atoms with Gasteiger partial charge in [0, 0.05) is 34.8 Å². The topological polar surface area (TPSA) is 126 Å². The van der Waals surface area contributed by atoms with Crippen molar-refractivity contribution in [3.63, 3.8) is 0 Å². The molecular weight excluding hydrogens is 334 g/mol. The van der Waals surface area contributed by atoms with Crippen LogP contribution in [-0.2, 0) is 4.74 Å². The Labute approximate surface area is 149 Å². The van der Waals surface area contributed by atoms with Gasteiger partial charge in [-0.3, -0.25) is 0 Å². The summed E-state index contributed by atoms with van der Waals surface area (Å²) >= 11 is 0. The summed E-state index contributed by atoms with van der Waals surface area (Å²) in [6.45, 7) is 2.02. The minimum atomic E-state index is -0.943. The number of anilines is 2. The van der Waals surface area contributed by atoms with Gasteiger partial charge in [-0.2, -0.15) is 0 Å². The van der Waals surface area contributed by atoms with Gasteiger partial charge in [0.1, 0.15) is 0 Å². The van der Waals surface area contributed by atoms with Crippen LogP contribution in [0.2, 0.25) is 0 Å². The van der Waals surface area contributed by atoms with Crippen molar-refractivity contribution in [3.8, 4) is 22.4 Å². The molecule has 3 aromatic rings. The third-order valence-electron chi connectivity index (χ3n) is 4.23. The number of aromatic amines is 1. The average Bonchev–Trinajstić information content (AvgIpc) is 3.08. The zero-order valence-corrected chi connectivity index (χ0v) is 14.0. The molecule has 5 N–H and O–H groups in total. The van der Waals surface area contributed by atoms with Crippen LogP contribution in [0.1, 0.15) is 29.2 Å². The second-order valence-electron chi connectivity index (χ2n) is 5.82. The van der Waals surface area contributed by atoms with Gasteiger partial charge in [0.05, 0.1) is 23.6 Å². The molecule has 0 spiro atoms. The van der Waals surface area contributed by atoms with E-state index in [4.69, 9.17) is 10.5 Å². The number of aliphatic hydroxyl groups is 1. The molecule has 0 aliphatic carbocycles. The van der Waals surface area contributed by atoms with E-state index in [0.717, 1.165) is 11.1 Å². The van der Waals surface area contributed by atoms with E-state index in [9.17, 15) is 9.90 Å². The molecule has 1 atom stereocenters. The van der Waals surface area contributed by atoms with Crippen molar-refractivity contribution in [2.75, 3.05) is 17.7 Å². The standard InChI is InChI=1S/C18H17N5O3/c1-2-26-17(25)11-8-21-15-14(11)10-7-9(3-4-13(10)22-16(15)24)12-5-6-20-18(19)23-12/h3-8,16,21-22,24H,2H2,1H3,(H2,19,20,23). The maximum atomic E-state index is 12.3. The van der Waals surface area contributed by atoms with Gasteiger partial charge < -0.3 is 25.9 Å². The van der Waals surface area contributed by atoms with Gasteiger partial charge in [0.15, 0.2) is 6.23 Å². The Morgan fingerprint density at radius 3 is 3.00 bits per heavy atom. The number of esters is 1. The first-order valence-electron chi connectivity index (χ1n) is 8.14. The Balaban J connectivity index is 1.88. The van der Waals surface area contributed by atoms with E-state index in [-0.39, 0.29) is 12.6 Å². The number of ether oxygens (including phenoxy) is 1. The number of carbonyl (C=O) groups is 1. The molecule has 1 aromatic carbocycles. The van der Waals surface area contributed by atoms with E-state index in [1.165, 1.54) is 0 Å². The Bertz CT molecular complexity index is 998. The van der Waals surface area contributed by atoms with Crippen molar-refractivity contribution in [1.82, 2.24) is 15.0 Å². The van der Waals surface area contributed by atoms with Crippen molar-refractivity contribution in [2.45, 2.75) is 13.2 Å². The number of nitrogen functional groups attached to an aromatic ring is 1. The van der Waals surface area contributed by atoms with E-state index in [0.29, 0.717) is 28.2 Å². The monoisotopic (exact) mass is 351 g/mol. The van der Waals surface area contributed by atoms with Crippen molar-refractivity contribution >= 4 is 17.6 Å². The highest BCUT2D eigenvalue weighted by molar-refractivity contribution is 6.02. The second-order valence-corrected chi connectivity index (χ2v) is 5.82. The van der Waals surface area contributed by atoms with Crippen LogP contribution in [0, 0.1) is 0 Å². The molecule has 132 valence electrons. The summed E-state index contributed by atoms with van der Waals surface area (Å²) < 4.78 is 5.14. The minimum Gasteiger partial charge on any atom is -0.462 e. The molecule has 0 bridgehead atoms. The average molecular weight is 351 g/mol. The summed E-state index contributed by atoms with van der Waals surface area (Å²) in [5, 5.41) is 13.3. The lowest BCUT2D eigenvalue weighted by atomic mass is 9.93. The number of rotatable bonds is 3. The number of H-pyrrole nitrogens is 1. The molecule has 8 nitrogen and oxygen atoms in total. The molecule has 0 amide bonds. The number of nitrogens with two attached hydrogens (primary N) is 1. The van der Waals surface area contributed by atoms with Crippen molar-refractivity contribution in [1.29, 1.82) is 0 Å². The molecule has 2 aromatic heterocycles. The number of hydrogen-bond donors (Lipinski definition) is 4. The van der Waals surface area contributed by atoms with E-state index >= 15 is 0 Å². The normalized spacial score (nSPS) is 14.9. The summed E-state index contributed by atoms with van der Waals surface area (Å²) in [5.74, 6) is -0.259. The zero-order valence-electron chi connectivity index (χ0n) is 14.0. The fourth-order valence-electron chi connectivity index (χ4n) is 3.11. The number of hydrogen-bond acceptors (Lipinski definition) is 7. The Kier molecular flexibility index (Phi) is 3.81. The van der Waals surface area contributed by atoms with Crippen molar-refractivity contribution in [2.24, 2.45) is 0 Å². The first kappa shape index (κ1) is 16.1. The maximum Gasteiger partial charge on any atom is 0.340 e. The van der Waals surface area contributed by atoms with Gasteiger partial charge >= 0.3 is 5.97 Å². The van der Waals surface area contributed by atoms with E-state index in [1.54, 1.807) is 25.4 Å². The van der Waals surface area contributed by atoms with Crippen molar-refractivity contribution < 1.29 is 14.6 Å². The van der Waals surface area contributed by atoms with Crippen LogP contribution in [0.4, 0.5) is 11.6 Å². The summed E-state index contributed by atoms with van der Waals surface area (Å²) in [4.78, 5) is 23.4. The highest BCUT2D eigenvalue weighted by Crippen LogP contribution is 2.43. The van der Waals surface area contributed by atoms with E-state index in [1.807, 2.05) is 18.2 Å². The smallest absolute Gasteiger partial charge is 0.340 e. The van der Waals surface area contributed by atoms with Gasteiger partial charge in [-0.1, -0.05) is 6.07 Å². The number of nitrogens with one attached hydrogen (secondary N) is 2. The molecule has 4 rings (SSSR count). The number of aliphatic hydroxyl groups excluding tert-OH is 1. The van der Waals surface area contributed by atoms with Gasteiger partial charge in [-0.05, 0) is 25.1 Å². The van der Waals surface area contributed by atoms with Crippen LogP contribution < -0.4 is 11.1 Å². The number of benzene rings is 1. The third kappa shape index (κ3) is 2.56. The predicted molar refractivity (Wildman–Crippen MR) is 96.2 cm³/mol. The van der Waals surface area contributed by atoms with Crippen LogP contribution >= 0.6 is 0 Å². The molecule has 3 heterocycles. The summed E-state index contributed by atoms with van der Waals surface area (Å²) in [6.07, 6.45) is 2.20. The van der Waals surface area contributed by atoms with Crippen LogP contribution in [0.25, 0.3) is 22.4 Å². The van der Waals surface area contributed by atoms with Crippen LogP contribution in [0.15, 0.2) is 36.7 Å². The molecule has 0 fully saturated rings. The molecule has 0 saturated heterocycles. The van der Waals surface area contributed by atoms with Gasteiger partial charge in [-0.15, -0.1) is 0 Å². The fraction of sp³-hybridized carbons (Fsp3) is 0.167. The lowest BCUT2D eigenvalue weighted by Gasteiger charge is -2.24. The molecule has 1 aliphatic rings. The second kappa shape index (κ2) is 6.16. The molecule has 8 heteroatoms. The number of aromatic nitrogens is 3. The molecule has 0 saturated carbocycles. The molecule has 1 unspecified atom stereocenters. The van der Waals surface area contributed by atoms with Crippen LogP contribution in [-0.4, -0.2) is 32.6 Å². The van der Waals surface area contributed by atoms with Gasteiger partial charge in [0.2, 0.25) is 5.95 Å². The van der Waals surface area contributed by atoms with Crippen LogP contribution in [0.5, 0.6) is 0 Å². The summed E-state index contributed by atoms with van der Waals surface area (Å²) in [7, 11) is 0. The molecule has 1 aliphatic heterocycles. The lowest BCUT2D eigenvalue weighted by Crippen LogP contribution is -2.17. The fourth-order valence-corrected chi connectivity index (χ4v) is 3.11. The van der Waals surface area contributed by atoms with Gasteiger partial charge in [0.25, 0.3) is 0 Å². The molecule has 0 radical (unpaired) electrons. The van der Waals surface area contributed by atoms with Gasteiger partial charge in [-0.25, -0.2) is 14.8 Å². The number of nitrogens with zero attached hydrogens (tertiary/aromatic N) is 2. The summed E-state index contributed by atoms with van der Waals surface area (Å²) in [5.41, 5.74) is 10.1. The Morgan fingerprint density at radius 2 is 2.23 bits per heavy atom. The van der Waals surface area contributed by atoms with E-state index < -0.39 is 12.2 Å². The first-order valence-corrected chi connectivity index (χ1v) is 8.14. The largest absolute Gasteiger partial charge is 0.462 e. The Morgan fingerprint density at radius 1 is 1.38 bits per heavy atom. The maximum absolute atomic E-state index is 12.3. The quantitative estimate of drug-likeness (QED) is 0.533. The highest BCUT2D eigenvalue weighted by atomic mass is 16.5. The molecule has 26 heavy (non-hydrogen) atoms. The highest BCUT2D eigenvalue weighted by Gasteiger charge is 2.30. The predicted octanol–water partition coefficient (Wildman–Crippen LogP) is 2.31. The zero-order chi connectivity index (χ0) is 18.3. The number of fused-ring (bicyclic) bond motifs is 3. The lowest BCUT2D eigenvalue weighted by molar-refractivity contribution is 0.0527. The SMILES string of the molecule is CCOC(=O)c1c[nH]c2c1-c1cc(-c3ccnc(N)n3)ccc1NC2O. The van der Waals surface area contributed by atoms with Crippen LogP contribution in [0.3, 0.4) is 0 Å². The molecular formula is C18H17N5O3. The summed E-state index contributed by atoms with van der Waals surface area (Å²) in [6, 6.07) is 7.35. The third-order valence-corrected chi connectivity index (χ3v) is 4.23. The Hall–Kier alpha value is -3.39. The number of carbonyl (C=O) groups excluding carboxylic acids is 1. The van der Waals surface area contributed by atoms with E-state index in [2.05, 4.69) is 20.3 Å². The first-order chi connectivity index (χ1) is 12.6. The van der Waals surface area contributed by atoms with Crippen molar-refractivity contribution in [3.05, 3.63) is 47.9 Å². The minimum absolute atomic E-state index is 0.184.